The van der Waals surface area contributed by atoms with Gasteiger partial charge in [0, 0.05) is 17.3 Å². The van der Waals surface area contributed by atoms with Gasteiger partial charge in [-0.3, -0.25) is 15.1 Å². The van der Waals surface area contributed by atoms with Crippen LogP contribution >= 0.6 is 11.3 Å². The zero-order valence-corrected chi connectivity index (χ0v) is 12.8. The van der Waals surface area contributed by atoms with Gasteiger partial charge in [0.05, 0.1) is 0 Å². The van der Waals surface area contributed by atoms with Crippen LogP contribution in [-0.2, 0) is 0 Å². The molecule has 0 aromatic carbocycles. The van der Waals surface area contributed by atoms with Crippen LogP contribution in [0.4, 0.5) is 5.95 Å². The van der Waals surface area contributed by atoms with Crippen molar-refractivity contribution in [2.45, 2.75) is 13.8 Å². The average Bonchev–Trinajstić information content (AvgIpc) is 2.94. The number of amides is 1. The molecule has 7 nitrogen and oxygen atoms in total. The maximum atomic E-state index is 12.1. The number of aromatic nitrogens is 5. The van der Waals surface area contributed by atoms with Gasteiger partial charge in [-0.1, -0.05) is 6.07 Å². The summed E-state index contributed by atoms with van der Waals surface area (Å²) in [4.78, 5) is 33.9. The molecule has 3 heterocycles. The molecule has 0 unspecified atom stereocenters. The van der Waals surface area contributed by atoms with Crippen LogP contribution in [0.5, 0.6) is 0 Å². The van der Waals surface area contributed by atoms with Crippen molar-refractivity contribution >= 4 is 23.2 Å². The lowest BCUT2D eigenvalue weighted by Crippen LogP contribution is -2.15. The van der Waals surface area contributed by atoms with Crippen LogP contribution in [0.2, 0.25) is 0 Å². The van der Waals surface area contributed by atoms with Crippen molar-refractivity contribution in [3.8, 4) is 11.5 Å². The Kier molecular flexibility index (Phi) is 3.84. The predicted molar refractivity (Wildman–Crippen MR) is 82.6 cm³/mol. The van der Waals surface area contributed by atoms with Gasteiger partial charge in [0.25, 0.3) is 5.91 Å². The molecule has 0 aliphatic carbocycles. The minimum Gasteiger partial charge on any atom is -0.288 e. The van der Waals surface area contributed by atoms with Gasteiger partial charge in [-0.15, -0.1) is 11.3 Å². The molecule has 0 radical (unpaired) electrons. The zero-order chi connectivity index (χ0) is 15.5. The van der Waals surface area contributed by atoms with Gasteiger partial charge >= 0.3 is 0 Å². The second-order valence-corrected chi connectivity index (χ2v) is 5.71. The summed E-state index contributed by atoms with van der Waals surface area (Å²) in [5, 5.41) is 3.01. The van der Waals surface area contributed by atoms with Crippen molar-refractivity contribution in [1.82, 2.24) is 24.9 Å². The van der Waals surface area contributed by atoms with E-state index in [9.17, 15) is 4.79 Å². The number of hydrogen-bond acceptors (Lipinski definition) is 7. The topological polar surface area (TPSA) is 93.6 Å². The van der Waals surface area contributed by atoms with Crippen LogP contribution in [0.15, 0.2) is 30.6 Å². The van der Waals surface area contributed by atoms with Crippen molar-refractivity contribution < 1.29 is 4.79 Å². The third kappa shape index (κ3) is 3.12. The van der Waals surface area contributed by atoms with Crippen LogP contribution in [-0.4, -0.2) is 30.8 Å². The Balaban J connectivity index is 1.88. The molecular weight excluding hydrogens is 300 g/mol. The molecule has 3 aromatic heterocycles. The Labute approximate surface area is 130 Å². The first-order valence-corrected chi connectivity index (χ1v) is 7.31. The summed E-state index contributed by atoms with van der Waals surface area (Å²) in [6.07, 6.45) is 3.31. The van der Waals surface area contributed by atoms with Crippen LogP contribution in [0.1, 0.15) is 20.5 Å². The maximum Gasteiger partial charge on any atom is 0.287 e. The molecule has 110 valence electrons. The highest BCUT2D eigenvalue weighted by molar-refractivity contribution is 7.13. The third-order valence-corrected chi connectivity index (χ3v) is 3.59. The Morgan fingerprint density at radius 3 is 2.68 bits per heavy atom. The summed E-state index contributed by atoms with van der Waals surface area (Å²) in [5.74, 6) is 0.765. The first-order chi connectivity index (χ1) is 10.6. The molecule has 0 atom stereocenters. The molecule has 1 amide bonds. The minimum absolute atomic E-state index is 0.186. The summed E-state index contributed by atoms with van der Waals surface area (Å²) < 4.78 is 0. The molecule has 8 heteroatoms. The van der Waals surface area contributed by atoms with E-state index in [1.54, 1.807) is 25.4 Å². The van der Waals surface area contributed by atoms with Gasteiger partial charge in [-0.25, -0.2) is 9.97 Å². The molecule has 3 aromatic rings. The molecule has 0 aliphatic heterocycles. The minimum atomic E-state index is -0.337. The lowest BCUT2D eigenvalue weighted by molar-refractivity contribution is 0.102. The number of aryl methyl sites for hydroxylation is 2. The van der Waals surface area contributed by atoms with E-state index in [1.807, 2.05) is 19.1 Å². The lowest BCUT2D eigenvalue weighted by atomic mass is 10.3. The van der Waals surface area contributed by atoms with E-state index >= 15 is 0 Å². The Morgan fingerprint density at radius 2 is 2.00 bits per heavy atom. The van der Waals surface area contributed by atoms with Gasteiger partial charge in [-0.2, -0.15) is 9.97 Å². The van der Waals surface area contributed by atoms with Crippen LogP contribution in [0, 0.1) is 13.8 Å². The van der Waals surface area contributed by atoms with Gasteiger partial charge in [0.1, 0.15) is 11.5 Å². The molecular formula is C14H12N6OS. The largest absolute Gasteiger partial charge is 0.288 e. The van der Waals surface area contributed by atoms with E-state index in [2.05, 4.69) is 30.2 Å². The summed E-state index contributed by atoms with van der Waals surface area (Å²) in [6.45, 7) is 3.62. The van der Waals surface area contributed by atoms with Crippen LogP contribution in [0.25, 0.3) is 11.5 Å². The molecule has 0 fully saturated rings. The maximum absolute atomic E-state index is 12.1. The lowest BCUT2D eigenvalue weighted by Gasteiger charge is -2.05. The van der Waals surface area contributed by atoms with Crippen LogP contribution < -0.4 is 5.32 Å². The fourth-order valence-corrected chi connectivity index (χ4v) is 2.42. The quantitative estimate of drug-likeness (QED) is 0.797. The van der Waals surface area contributed by atoms with E-state index in [4.69, 9.17) is 0 Å². The van der Waals surface area contributed by atoms with Gasteiger partial charge in [0.2, 0.25) is 5.95 Å². The number of nitrogens with zero attached hydrogens (tertiary/aromatic N) is 5. The third-order valence-electron chi connectivity index (χ3n) is 2.68. The second kappa shape index (κ2) is 5.94. The smallest absolute Gasteiger partial charge is 0.287 e. The fraction of sp³-hybridized carbons (Fsp3) is 0.143. The van der Waals surface area contributed by atoms with Gasteiger partial charge in [-0.05, 0) is 26.0 Å². The molecule has 1 N–H and O–H groups in total. The van der Waals surface area contributed by atoms with E-state index in [1.165, 1.54) is 11.3 Å². The van der Waals surface area contributed by atoms with E-state index in [0.717, 1.165) is 4.88 Å². The molecule has 3 rings (SSSR count). The summed E-state index contributed by atoms with van der Waals surface area (Å²) in [7, 11) is 0. The number of rotatable bonds is 3. The number of carbonyl (C=O) groups excluding carboxylic acids is 1. The standard InChI is InChI=1S/C14H12N6OS/c1-8-7-16-13(22-8)12(21)20-14-18-9(2)17-11(19-14)10-5-3-4-6-15-10/h3-7H,1-2H3,(H,17,18,19,20,21). The number of anilines is 1. The molecule has 0 spiro atoms. The molecule has 0 bridgehead atoms. The Bertz CT molecular complexity index is 817. The second-order valence-electron chi connectivity index (χ2n) is 4.48. The van der Waals surface area contributed by atoms with Crippen LogP contribution in [0.3, 0.4) is 0 Å². The summed E-state index contributed by atoms with van der Waals surface area (Å²) in [6, 6.07) is 5.45. The van der Waals surface area contributed by atoms with Crippen molar-refractivity contribution in [3.63, 3.8) is 0 Å². The summed E-state index contributed by atoms with van der Waals surface area (Å²) >= 11 is 1.31. The van der Waals surface area contributed by atoms with Crippen molar-refractivity contribution in [3.05, 3.63) is 46.3 Å². The van der Waals surface area contributed by atoms with E-state index in [-0.39, 0.29) is 11.9 Å². The molecule has 22 heavy (non-hydrogen) atoms. The first-order valence-electron chi connectivity index (χ1n) is 6.49. The Hall–Kier alpha value is -2.74. The summed E-state index contributed by atoms with van der Waals surface area (Å²) in [5.41, 5.74) is 0.619. The number of hydrogen-bond donors (Lipinski definition) is 1. The van der Waals surface area contributed by atoms with E-state index in [0.29, 0.717) is 22.4 Å². The molecule has 0 saturated heterocycles. The highest BCUT2D eigenvalue weighted by atomic mass is 32.1. The monoisotopic (exact) mass is 312 g/mol. The fourth-order valence-electron chi connectivity index (χ4n) is 1.76. The number of nitrogens with one attached hydrogen (secondary N) is 1. The highest BCUT2D eigenvalue weighted by Crippen LogP contribution is 2.15. The number of thiazole rings is 1. The van der Waals surface area contributed by atoms with Crippen molar-refractivity contribution in [1.29, 1.82) is 0 Å². The zero-order valence-electron chi connectivity index (χ0n) is 11.9. The Morgan fingerprint density at radius 1 is 1.14 bits per heavy atom. The molecule has 0 saturated carbocycles. The normalized spacial score (nSPS) is 10.5. The van der Waals surface area contributed by atoms with Gasteiger partial charge < -0.3 is 0 Å². The SMILES string of the molecule is Cc1nc(NC(=O)c2ncc(C)s2)nc(-c2ccccn2)n1. The van der Waals surface area contributed by atoms with E-state index < -0.39 is 0 Å². The van der Waals surface area contributed by atoms with Gasteiger partial charge in [0.15, 0.2) is 10.8 Å². The first kappa shape index (κ1) is 14.2. The molecule has 0 aliphatic rings. The van der Waals surface area contributed by atoms with Crippen molar-refractivity contribution in [2.75, 3.05) is 5.32 Å². The average molecular weight is 312 g/mol. The highest BCUT2D eigenvalue weighted by Gasteiger charge is 2.14. The van der Waals surface area contributed by atoms with Crippen molar-refractivity contribution in [2.24, 2.45) is 0 Å². The number of pyridine rings is 1. The predicted octanol–water partition coefficient (Wildman–Crippen LogP) is 2.26. The number of carbonyl (C=O) groups is 1.